The highest BCUT2D eigenvalue weighted by Gasteiger charge is 2.23. The summed E-state index contributed by atoms with van der Waals surface area (Å²) in [6, 6.07) is 0. The Kier molecular flexibility index (Phi) is 5.08. The Balaban J connectivity index is 1.51. The minimum atomic E-state index is -0.124. The van der Waals surface area contributed by atoms with Crippen LogP contribution in [0.5, 0.6) is 5.88 Å². The fraction of sp³-hybridized carbons (Fsp3) is 0.450. The van der Waals surface area contributed by atoms with Crippen LogP contribution in [0.1, 0.15) is 51.4 Å². The zero-order chi connectivity index (χ0) is 20.7. The number of amides is 1. The van der Waals surface area contributed by atoms with Crippen molar-refractivity contribution in [2.75, 3.05) is 12.4 Å². The fourth-order valence-electron chi connectivity index (χ4n) is 3.85. The van der Waals surface area contributed by atoms with Gasteiger partial charge in [-0.25, -0.2) is 14.6 Å². The van der Waals surface area contributed by atoms with Crippen molar-refractivity contribution in [1.82, 2.24) is 19.7 Å². The van der Waals surface area contributed by atoms with Gasteiger partial charge in [-0.05, 0) is 44.2 Å². The van der Waals surface area contributed by atoms with Crippen LogP contribution in [0.3, 0.4) is 0 Å². The van der Waals surface area contributed by atoms with Crippen LogP contribution in [0.4, 0.5) is 5.13 Å². The second kappa shape index (κ2) is 7.55. The van der Waals surface area contributed by atoms with E-state index in [0.29, 0.717) is 35.2 Å². The van der Waals surface area contributed by atoms with Crippen LogP contribution >= 0.6 is 11.3 Å². The van der Waals surface area contributed by atoms with Gasteiger partial charge in [0.1, 0.15) is 0 Å². The molecule has 3 aromatic heterocycles. The molecule has 9 heteroatoms. The largest absolute Gasteiger partial charge is 0.479 e. The SMILES string of the molecule is COc1nn(C)c2nc(C)c(CCC(=O)Nc3nc4c(s3)C(=O)CCC4)c(C)c12. The molecule has 0 aliphatic heterocycles. The van der Waals surface area contributed by atoms with Gasteiger partial charge in [0.25, 0.3) is 0 Å². The molecule has 0 saturated heterocycles. The number of anilines is 1. The normalized spacial score (nSPS) is 13.6. The number of aromatic nitrogens is 4. The van der Waals surface area contributed by atoms with Crippen LogP contribution in [-0.2, 0) is 24.7 Å². The molecule has 0 bridgehead atoms. The number of Topliss-reactive ketones (excluding diaryl/α,β-unsaturated/α-hetero) is 1. The second-order valence-electron chi connectivity index (χ2n) is 7.25. The molecular formula is C20H23N5O3S. The van der Waals surface area contributed by atoms with E-state index in [2.05, 4.69) is 20.4 Å². The Morgan fingerprint density at radius 2 is 2.07 bits per heavy atom. The van der Waals surface area contributed by atoms with E-state index >= 15 is 0 Å². The summed E-state index contributed by atoms with van der Waals surface area (Å²) >= 11 is 1.28. The molecule has 4 rings (SSSR count). The number of hydrogen-bond donors (Lipinski definition) is 1. The van der Waals surface area contributed by atoms with Gasteiger partial charge in [-0.1, -0.05) is 11.3 Å². The highest BCUT2D eigenvalue weighted by molar-refractivity contribution is 7.17. The number of methoxy groups -OCH3 is 1. The lowest BCUT2D eigenvalue weighted by Gasteiger charge is -2.11. The minimum absolute atomic E-state index is 0.124. The standard InChI is InChI=1S/C20H23N5O3S/c1-10-12(11(2)21-18-16(10)19(28-4)24-25(18)3)8-9-15(27)23-20-22-13-6-5-7-14(26)17(13)29-20/h5-9H2,1-4H3,(H,22,23,27). The number of carbonyl (C=O) groups is 2. The molecule has 29 heavy (non-hydrogen) atoms. The maximum Gasteiger partial charge on any atom is 0.242 e. The number of aryl methyl sites for hydroxylation is 4. The summed E-state index contributed by atoms with van der Waals surface area (Å²) in [7, 11) is 3.43. The number of nitrogens with one attached hydrogen (secondary N) is 1. The van der Waals surface area contributed by atoms with Crippen LogP contribution in [0.2, 0.25) is 0 Å². The van der Waals surface area contributed by atoms with Gasteiger partial charge in [0.05, 0.1) is 23.1 Å². The van der Waals surface area contributed by atoms with E-state index in [0.717, 1.165) is 46.4 Å². The highest BCUT2D eigenvalue weighted by atomic mass is 32.1. The molecular weight excluding hydrogens is 390 g/mol. The van der Waals surface area contributed by atoms with Gasteiger partial charge in [-0.15, -0.1) is 5.10 Å². The molecule has 0 unspecified atom stereocenters. The molecule has 152 valence electrons. The molecule has 1 aliphatic rings. The van der Waals surface area contributed by atoms with Crippen molar-refractivity contribution in [3.05, 3.63) is 27.4 Å². The molecule has 1 amide bonds. The van der Waals surface area contributed by atoms with Crippen molar-refractivity contribution in [2.24, 2.45) is 7.05 Å². The van der Waals surface area contributed by atoms with Crippen LogP contribution in [0, 0.1) is 13.8 Å². The number of nitrogens with zero attached hydrogens (tertiary/aromatic N) is 4. The predicted octanol–water partition coefficient (Wildman–Crippen LogP) is 3.14. The Labute approximate surface area is 172 Å². The first kappa shape index (κ1) is 19.5. The van der Waals surface area contributed by atoms with Gasteiger partial charge < -0.3 is 10.1 Å². The minimum Gasteiger partial charge on any atom is -0.479 e. The van der Waals surface area contributed by atoms with Crippen LogP contribution in [-0.4, -0.2) is 38.5 Å². The third-order valence-electron chi connectivity index (χ3n) is 5.33. The summed E-state index contributed by atoms with van der Waals surface area (Å²) in [5, 5.41) is 8.59. The lowest BCUT2D eigenvalue weighted by Crippen LogP contribution is -2.13. The lowest BCUT2D eigenvalue weighted by atomic mass is 10.00. The van der Waals surface area contributed by atoms with Crippen molar-refractivity contribution < 1.29 is 14.3 Å². The van der Waals surface area contributed by atoms with E-state index < -0.39 is 0 Å². The third kappa shape index (κ3) is 3.50. The average Bonchev–Trinajstić information content (AvgIpc) is 3.23. The Morgan fingerprint density at radius 1 is 1.28 bits per heavy atom. The van der Waals surface area contributed by atoms with Crippen LogP contribution in [0.15, 0.2) is 0 Å². The van der Waals surface area contributed by atoms with Gasteiger partial charge in [0, 0.05) is 25.6 Å². The van der Waals surface area contributed by atoms with Crippen molar-refractivity contribution in [2.45, 2.75) is 46.0 Å². The van der Waals surface area contributed by atoms with Crippen molar-refractivity contribution in [3.8, 4) is 5.88 Å². The summed E-state index contributed by atoms with van der Waals surface area (Å²) in [5.41, 5.74) is 4.51. The van der Waals surface area contributed by atoms with Crippen molar-refractivity contribution in [3.63, 3.8) is 0 Å². The van der Waals surface area contributed by atoms with Crippen LogP contribution < -0.4 is 10.1 Å². The maximum absolute atomic E-state index is 12.5. The van der Waals surface area contributed by atoms with Crippen molar-refractivity contribution >= 4 is 39.2 Å². The molecule has 0 fully saturated rings. The molecule has 0 atom stereocenters. The van der Waals surface area contributed by atoms with Gasteiger partial charge in [-0.3, -0.25) is 9.59 Å². The molecule has 3 aromatic rings. The molecule has 0 radical (unpaired) electrons. The van der Waals surface area contributed by atoms with Gasteiger partial charge in [0.2, 0.25) is 11.8 Å². The third-order valence-corrected chi connectivity index (χ3v) is 6.39. The molecule has 1 N–H and O–H groups in total. The fourth-order valence-corrected chi connectivity index (χ4v) is 4.85. The number of hydrogen-bond acceptors (Lipinski definition) is 7. The van der Waals surface area contributed by atoms with E-state index in [4.69, 9.17) is 4.74 Å². The summed E-state index contributed by atoms with van der Waals surface area (Å²) in [6.45, 7) is 3.95. The zero-order valence-corrected chi connectivity index (χ0v) is 17.8. The quantitative estimate of drug-likeness (QED) is 0.690. The van der Waals surface area contributed by atoms with E-state index in [1.54, 1.807) is 11.8 Å². The molecule has 0 spiro atoms. The first-order valence-electron chi connectivity index (χ1n) is 9.58. The van der Waals surface area contributed by atoms with E-state index in [-0.39, 0.29) is 11.7 Å². The number of rotatable bonds is 5. The van der Waals surface area contributed by atoms with Crippen molar-refractivity contribution in [1.29, 1.82) is 0 Å². The first-order valence-corrected chi connectivity index (χ1v) is 10.4. The molecule has 8 nitrogen and oxygen atoms in total. The molecule has 1 aliphatic carbocycles. The van der Waals surface area contributed by atoms with E-state index in [1.807, 2.05) is 20.9 Å². The number of carbonyl (C=O) groups excluding carboxylic acids is 2. The molecule has 3 heterocycles. The Morgan fingerprint density at radius 3 is 2.79 bits per heavy atom. The Hall–Kier alpha value is -2.81. The lowest BCUT2D eigenvalue weighted by molar-refractivity contribution is -0.116. The summed E-state index contributed by atoms with van der Waals surface area (Å²) in [5.74, 6) is 0.539. The monoisotopic (exact) mass is 413 g/mol. The van der Waals surface area contributed by atoms with Gasteiger partial charge in [-0.2, -0.15) is 0 Å². The Bertz CT molecular complexity index is 1130. The topological polar surface area (TPSA) is 99.0 Å². The van der Waals surface area contributed by atoms with E-state index in [9.17, 15) is 9.59 Å². The maximum atomic E-state index is 12.5. The van der Waals surface area contributed by atoms with Gasteiger partial charge >= 0.3 is 0 Å². The zero-order valence-electron chi connectivity index (χ0n) is 17.0. The smallest absolute Gasteiger partial charge is 0.242 e. The number of ether oxygens (including phenoxy) is 1. The number of ketones is 1. The predicted molar refractivity (Wildman–Crippen MR) is 111 cm³/mol. The summed E-state index contributed by atoms with van der Waals surface area (Å²) in [6.07, 6.45) is 3.04. The van der Waals surface area contributed by atoms with Crippen LogP contribution in [0.25, 0.3) is 11.0 Å². The summed E-state index contributed by atoms with van der Waals surface area (Å²) in [4.78, 5) is 34.2. The number of fused-ring (bicyclic) bond motifs is 2. The molecule has 0 aromatic carbocycles. The highest BCUT2D eigenvalue weighted by Crippen LogP contribution is 2.31. The average molecular weight is 414 g/mol. The second-order valence-corrected chi connectivity index (χ2v) is 8.25. The molecule has 0 saturated carbocycles. The van der Waals surface area contributed by atoms with E-state index in [1.165, 1.54) is 11.3 Å². The summed E-state index contributed by atoms with van der Waals surface area (Å²) < 4.78 is 7.10. The van der Waals surface area contributed by atoms with Gasteiger partial charge in [0.15, 0.2) is 16.6 Å². The number of thiazole rings is 1. The number of pyridine rings is 1. The first-order chi connectivity index (χ1) is 13.9.